The van der Waals surface area contributed by atoms with E-state index < -0.39 is 0 Å². The third-order valence-corrected chi connectivity index (χ3v) is 4.85. The van der Waals surface area contributed by atoms with Crippen molar-refractivity contribution in [3.8, 4) is 5.75 Å². The van der Waals surface area contributed by atoms with Gasteiger partial charge in [0, 0.05) is 31.7 Å². The topological polar surface area (TPSA) is 32.8 Å². The molecule has 1 heterocycles. The number of hydrogen-bond donors (Lipinski definition) is 0. The molecule has 3 rings (SSSR count). The molecule has 0 unspecified atom stereocenters. The third-order valence-electron chi connectivity index (χ3n) is 4.85. The molecule has 5 heteroatoms. The van der Waals surface area contributed by atoms with Crippen LogP contribution in [0.5, 0.6) is 5.75 Å². The van der Waals surface area contributed by atoms with Crippen LogP contribution in [0.25, 0.3) is 0 Å². The molecule has 4 nitrogen and oxygen atoms in total. The molecule has 0 atom stereocenters. The van der Waals surface area contributed by atoms with E-state index in [0.717, 1.165) is 31.5 Å². The quantitative estimate of drug-likeness (QED) is 0.742. The van der Waals surface area contributed by atoms with E-state index in [1.54, 1.807) is 6.07 Å². The van der Waals surface area contributed by atoms with Crippen molar-refractivity contribution in [2.75, 3.05) is 26.7 Å². The van der Waals surface area contributed by atoms with E-state index in [4.69, 9.17) is 4.74 Å². The Kier molecular flexibility index (Phi) is 6.82. The number of hydrogen-bond acceptors (Lipinski definition) is 3. The Labute approximate surface area is 160 Å². The number of likely N-dealkylation sites (tertiary alicyclic amines) is 1. The van der Waals surface area contributed by atoms with Gasteiger partial charge in [-0.15, -0.1) is 0 Å². The minimum atomic E-state index is -0.175. The molecule has 1 fully saturated rings. The third kappa shape index (κ3) is 5.79. The van der Waals surface area contributed by atoms with Crippen LogP contribution in [0.4, 0.5) is 4.39 Å². The Morgan fingerprint density at radius 3 is 2.44 bits per heavy atom. The maximum Gasteiger partial charge on any atom is 0.260 e. The van der Waals surface area contributed by atoms with E-state index in [9.17, 15) is 9.18 Å². The van der Waals surface area contributed by atoms with Crippen molar-refractivity contribution in [3.63, 3.8) is 0 Å². The van der Waals surface area contributed by atoms with Crippen molar-refractivity contribution in [1.82, 2.24) is 9.80 Å². The first-order valence-electron chi connectivity index (χ1n) is 9.53. The van der Waals surface area contributed by atoms with Crippen LogP contribution >= 0.6 is 0 Å². The van der Waals surface area contributed by atoms with Gasteiger partial charge in [-0.1, -0.05) is 30.3 Å². The zero-order chi connectivity index (χ0) is 19.1. The summed E-state index contributed by atoms with van der Waals surface area (Å²) in [7, 11) is 1.97. The van der Waals surface area contributed by atoms with E-state index in [1.165, 1.54) is 12.5 Å². The summed E-state index contributed by atoms with van der Waals surface area (Å²) >= 11 is 0. The van der Waals surface area contributed by atoms with Crippen LogP contribution in [0.3, 0.4) is 0 Å². The normalized spacial score (nSPS) is 14.4. The molecule has 0 aromatic heterocycles. The average Bonchev–Trinajstić information content (AvgIpc) is 2.69. The highest BCUT2D eigenvalue weighted by molar-refractivity contribution is 5.77. The number of benzene rings is 2. The molecule has 2 aromatic rings. The van der Waals surface area contributed by atoms with Crippen molar-refractivity contribution < 1.29 is 13.9 Å². The second-order valence-corrected chi connectivity index (χ2v) is 7.14. The van der Waals surface area contributed by atoms with E-state index in [1.807, 2.05) is 48.3 Å². The molecule has 0 bridgehead atoms. The van der Waals surface area contributed by atoms with Gasteiger partial charge >= 0.3 is 0 Å². The monoisotopic (exact) mass is 370 g/mol. The summed E-state index contributed by atoms with van der Waals surface area (Å²) in [6.07, 6.45) is 3.37. The van der Waals surface area contributed by atoms with Crippen LogP contribution in [-0.4, -0.2) is 42.5 Å². The zero-order valence-electron chi connectivity index (χ0n) is 15.9. The van der Waals surface area contributed by atoms with Gasteiger partial charge in [-0.25, -0.2) is 4.39 Å². The number of carbonyl (C=O) groups is 1. The minimum Gasteiger partial charge on any atom is -0.484 e. The summed E-state index contributed by atoms with van der Waals surface area (Å²) in [5.74, 6) is 0.579. The summed E-state index contributed by atoms with van der Waals surface area (Å²) < 4.78 is 19.4. The SMILES string of the molecule is CN(Cc1ccc(OCC(=O)N2CCCCC2)cc1)Cc1ccccc1F. The molecule has 0 radical (unpaired) electrons. The molecule has 1 amide bonds. The lowest BCUT2D eigenvalue weighted by atomic mass is 10.1. The molecular weight excluding hydrogens is 343 g/mol. The minimum absolute atomic E-state index is 0.0587. The van der Waals surface area contributed by atoms with Gasteiger partial charge < -0.3 is 9.64 Å². The van der Waals surface area contributed by atoms with E-state index in [-0.39, 0.29) is 18.3 Å². The van der Waals surface area contributed by atoms with Gasteiger partial charge in [-0.05, 0) is 50.1 Å². The Hall–Kier alpha value is -2.40. The van der Waals surface area contributed by atoms with Crippen LogP contribution in [0.15, 0.2) is 48.5 Å². The maximum atomic E-state index is 13.8. The highest BCUT2D eigenvalue weighted by atomic mass is 19.1. The second kappa shape index (κ2) is 9.51. The molecular formula is C22H27FN2O2. The van der Waals surface area contributed by atoms with Crippen LogP contribution in [0.1, 0.15) is 30.4 Å². The number of ether oxygens (including phenoxy) is 1. The lowest BCUT2D eigenvalue weighted by molar-refractivity contribution is -0.134. The summed E-state index contributed by atoms with van der Waals surface area (Å²) in [5, 5.41) is 0. The van der Waals surface area contributed by atoms with Crippen molar-refractivity contribution in [3.05, 3.63) is 65.5 Å². The maximum absolute atomic E-state index is 13.8. The van der Waals surface area contributed by atoms with Crippen LogP contribution in [-0.2, 0) is 17.9 Å². The Balaban J connectivity index is 1.46. The van der Waals surface area contributed by atoms with Gasteiger partial charge in [0.2, 0.25) is 0 Å². The zero-order valence-corrected chi connectivity index (χ0v) is 15.9. The van der Waals surface area contributed by atoms with Crippen LogP contribution in [0.2, 0.25) is 0 Å². The molecule has 144 valence electrons. The predicted molar refractivity (Wildman–Crippen MR) is 104 cm³/mol. The fraction of sp³-hybridized carbons (Fsp3) is 0.409. The van der Waals surface area contributed by atoms with Crippen molar-refractivity contribution >= 4 is 5.91 Å². The molecule has 0 N–H and O–H groups in total. The van der Waals surface area contributed by atoms with Crippen molar-refractivity contribution in [2.24, 2.45) is 0 Å². The summed E-state index contributed by atoms with van der Waals surface area (Å²) in [6, 6.07) is 14.6. The number of amides is 1. The van der Waals surface area contributed by atoms with Gasteiger partial charge in [0.25, 0.3) is 5.91 Å². The first-order valence-corrected chi connectivity index (χ1v) is 9.53. The number of rotatable bonds is 7. The molecule has 1 saturated heterocycles. The molecule has 27 heavy (non-hydrogen) atoms. The highest BCUT2D eigenvalue weighted by Gasteiger charge is 2.16. The predicted octanol–water partition coefficient (Wildman–Crippen LogP) is 3.85. The summed E-state index contributed by atoms with van der Waals surface area (Å²) in [4.78, 5) is 16.1. The number of carbonyl (C=O) groups excluding carboxylic acids is 1. The van der Waals surface area contributed by atoms with E-state index >= 15 is 0 Å². The first-order chi connectivity index (χ1) is 13.1. The summed E-state index contributed by atoms with van der Waals surface area (Å²) in [5.41, 5.74) is 1.81. The Bertz CT molecular complexity index is 742. The number of piperidine rings is 1. The van der Waals surface area contributed by atoms with Gasteiger partial charge in [0.15, 0.2) is 6.61 Å². The summed E-state index contributed by atoms with van der Waals surface area (Å²) in [6.45, 7) is 3.04. The van der Waals surface area contributed by atoms with E-state index in [0.29, 0.717) is 24.4 Å². The molecule has 0 aliphatic carbocycles. The van der Waals surface area contributed by atoms with E-state index in [2.05, 4.69) is 4.90 Å². The van der Waals surface area contributed by atoms with Crippen LogP contribution < -0.4 is 4.74 Å². The highest BCUT2D eigenvalue weighted by Crippen LogP contribution is 2.16. The molecule has 1 aliphatic rings. The van der Waals surface area contributed by atoms with Gasteiger partial charge in [0.05, 0.1) is 0 Å². The average molecular weight is 370 g/mol. The molecule has 0 saturated carbocycles. The van der Waals surface area contributed by atoms with Gasteiger partial charge in [-0.2, -0.15) is 0 Å². The van der Waals surface area contributed by atoms with Gasteiger partial charge in [0.1, 0.15) is 11.6 Å². The number of nitrogens with zero attached hydrogens (tertiary/aromatic N) is 2. The fourth-order valence-corrected chi connectivity index (χ4v) is 3.36. The standard InChI is InChI=1S/C22H27FN2O2/c1-24(16-19-7-3-4-8-21(19)23)15-18-9-11-20(12-10-18)27-17-22(26)25-13-5-2-6-14-25/h3-4,7-12H,2,5-6,13-17H2,1H3. The lowest BCUT2D eigenvalue weighted by Crippen LogP contribution is -2.38. The second-order valence-electron chi connectivity index (χ2n) is 7.14. The van der Waals surface area contributed by atoms with Crippen LogP contribution in [0, 0.1) is 5.82 Å². The number of halogens is 1. The molecule has 0 spiro atoms. The lowest BCUT2D eigenvalue weighted by Gasteiger charge is -2.26. The Morgan fingerprint density at radius 1 is 1.04 bits per heavy atom. The Morgan fingerprint density at radius 2 is 1.74 bits per heavy atom. The largest absolute Gasteiger partial charge is 0.484 e. The fourth-order valence-electron chi connectivity index (χ4n) is 3.36. The smallest absolute Gasteiger partial charge is 0.260 e. The van der Waals surface area contributed by atoms with Gasteiger partial charge in [-0.3, -0.25) is 9.69 Å². The van der Waals surface area contributed by atoms with Crippen molar-refractivity contribution in [2.45, 2.75) is 32.4 Å². The van der Waals surface area contributed by atoms with Crippen molar-refractivity contribution in [1.29, 1.82) is 0 Å². The molecule has 2 aromatic carbocycles. The molecule has 1 aliphatic heterocycles. The first kappa shape index (κ1) is 19.4.